The third kappa shape index (κ3) is 3.16. The lowest BCUT2D eigenvalue weighted by Gasteiger charge is -2.08. The van der Waals surface area contributed by atoms with E-state index in [0.29, 0.717) is 28.7 Å². The minimum Gasteiger partial charge on any atom is -0.331 e. The Morgan fingerprint density at radius 3 is 2.73 bits per heavy atom. The number of nitrogens with zero attached hydrogens (tertiary/aromatic N) is 2. The zero-order chi connectivity index (χ0) is 15.5. The van der Waals surface area contributed by atoms with Gasteiger partial charge >= 0.3 is 0 Å². The summed E-state index contributed by atoms with van der Waals surface area (Å²) in [5.74, 6) is -0.00669. The van der Waals surface area contributed by atoms with Crippen LogP contribution in [0.1, 0.15) is 17.4 Å². The van der Waals surface area contributed by atoms with Crippen molar-refractivity contribution in [1.29, 1.82) is 0 Å². The number of H-pyrrole nitrogens is 1. The highest BCUT2D eigenvalue weighted by Crippen LogP contribution is 2.27. The van der Waals surface area contributed by atoms with E-state index >= 15 is 0 Å². The van der Waals surface area contributed by atoms with Gasteiger partial charge in [0, 0.05) is 17.8 Å². The Hall–Kier alpha value is -2.24. The van der Waals surface area contributed by atoms with E-state index < -0.39 is 5.95 Å². The SMILES string of the molecule is N[C@@H](Cc1ccccc1)c1nc(-c2ccnc(F)c2)c(Cl)[nH]1. The first-order chi connectivity index (χ1) is 10.6. The Bertz CT molecular complexity index is 773. The minimum absolute atomic E-state index is 0.319. The van der Waals surface area contributed by atoms with Crippen LogP contribution < -0.4 is 5.73 Å². The molecular weight excluding hydrogens is 303 g/mol. The molecule has 0 radical (unpaired) electrons. The number of aromatic nitrogens is 3. The Morgan fingerprint density at radius 2 is 2.00 bits per heavy atom. The summed E-state index contributed by atoms with van der Waals surface area (Å²) in [5.41, 5.74) is 8.32. The zero-order valence-corrected chi connectivity index (χ0v) is 12.4. The van der Waals surface area contributed by atoms with E-state index in [2.05, 4.69) is 15.0 Å². The molecule has 6 heteroatoms. The Labute approximate surface area is 132 Å². The number of benzene rings is 1. The second-order valence-electron chi connectivity index (χ2n) is 4.95. The molecule has 0 saturated carbocycles. The number of aromatic amines is 1. The van der Waals surface area contributed by atoms with E-state index in [9.17, 15) is 4.39 Å². The van der Waals surface area contributed by atoms with Crippen LogP contribution in [-0.4, -0.2) is 15.0 Å². The summed E-state index contributed by atoms with van der Waals surface area (Å²) in [6.45, 7) is 0. The molecule has 2 aromatic heterocycles. The van der Waals surface area contributed by atoms with Crippen molar-refractivity contribution in [2.45, 2.75) is 12.5 Å². The molecule has 112 valence electrons. The summed E-state index contributed by atoms with van der Waals surface area (Å²) in [7, 11) is 0. The fourth-order valence-electron chi connectivity index (χ4n) is 2.25. The number of halogens is 2. The topological polar surface area (TPSA) is 67.6 Å². The van der Waals surface area contributed by atoms with Crippen molar-refractivity contribution in [3.05, 3.63) is 71.2 Å². The summed E-state index contributed by atoms with van der Waals surface area (Å²) >= 11 is 6.16. The van der Waals surface area contributed by atoms with E-state index in [0.717, 1.165) is 5.56 Å². The fraction of sp³-hybridized carbons (Fsp3) is 0.125. The standard InChI is InChI=1S/C16H14ClFN4/c17-15-14(11-6-7-20-13(18)9-11)21-16(22-15)12(19)8-10-4-2-1-3-5-10/h1-7,9,12H,8,19H2,(H,21,22)/t12-/m0/s1. The van der Waals surface area contributed by atoms with Gasteiger partial charge in [0.25, 0.3) is 0 Å². The lowest BCUT2D eigenvalue weighted by atomic mass is 10.1. The summed E-state index contributed by atoms with van der Waals surface area (Å²) in [6, 6.07) is 12.5. The Kier molecular flexibility index (Phi) is 4.18. The lowest BCUT2D eigenvalue weighted by Crippen LogP contribution is -2.15. The molecule has 0 aliphatic rings. The smallest absolute Gasteiger partial charge is 0.213 e. The molecule has 1 aromatic carbocycles. The van der Waals surface area contributed by atoms with E-state index in [1.165, 1.54) is 12.3 Å². The molecule has 0 saturated heterocycles. The molecule has 1 atom stereocenters. The van der Waals surface area contributed by atoms with E-state index in [1.807, 2.05) is 30.3 Å². The van der Waals surface area contributed by atoms with Crippen molar-refractivity contribution < 1.29 is 4.39 Å². The van der Waals surface area contributed by atoms with Crippen LogP contribution in [0, 0.1) is 5.95 Å². The van der Waals surface area contributed by atoms with Gasteiger partial charge in [-0.3, -0.25) is 0 Å². The van der Waals surface area contributed by atoms with E-state index in [-0.39, 0.29) is 6.04 Å². The van der Waals surface area contributed by atoms with Gasteiger partial charge in [-0.25, -0.2) is 9.97 Å². The zero-order valence-electron chi connectivity index (χ0n) is 11.6. The highest BCUT2D eigenvalue weighted by molar-refractivity contribution is 6.31. The molecule has 3 aromatic rings. The summed E-state index contributed by atoms with van der Waals surface area (Å²) in [5, 5.41) is 0.337. The first-order valence-corrected chi connectivity index (χ1v) is 7.18. The molecule has 0 bridgehead atoms. The molecule has 3 N–H and O–H groups in total. The highest BCUT2D eigenvalue weighted by Gasteiger charge is 2.16. The number of hydrogen-bond donors (Lipinski definition) is 2. The molecule has 4 nitrogen and oxygen atoms in total. The molecular formula is C16H14ClFN4. The van der Waals surface area contributed by atoms with Crippen molar-refractivity contribution in [1.82, 2.24) is 15.0 Å². The van der Waals surface area contributed by atoms with E-state index in [1.54, 1.807) is 6.07 Å². The Morgan fingerprint density at radius 1 is 1.23 bits per heavy atom. The van der Waals surface area contributed by atoms with Crippen LogP contribution in [0.4, 0.5) is 4.39 Å². The average Bonchev–Trinajstić information content (AvgIpc) is 2.90. The van der Waals surface area contributed by atoms with Crippen LogP contribution in [0.3, 0.4) is 0 Å². The number of nitrogens with one attached hydrogen (secondary N) is 1. The molecule has 0 aliphatic carbocycles. The monoisotopic (exact) mass is 316 g/mol. The van der Waals surface area contributed by atoms with Crippen molar-refractivity contribution in [3.8, 4) is 11.3 Å². The van der Waals surface area contributed by atoms with Gasteiger partial charge in [0.1, 0.15) is 16.7 Å². The number of nitrogens with two attached hydrogens (primary N) is 1. The average molecular weight is 317 g/mol. The second-order valence-corrected chi connectivity index (χ2v) is 5.33. The van der Waals surface area contributed by atoms with Crippen molar-refractivity contribution in [2.75, 3.05) is 0 Å². The molecule has 0 fully saturated rings. The van der Waals surface area contributed by atoms with Gasteiger partial charge in [0.15, 0.2) is 0 Å². The van der Waals surface area contributed by atoms with Gasteiger partial charge in [-0.05, 0) is 18.1 Å². The maximum absolute atomic E-state index is 13.2. The van der Waals surface area contributed by atoms with Gasteiger partial charge in [-0.15, -0.1) is 0 Å². The first-order valence-electron chi connectivity index (χ1n) is 6.80. The van der Waals surface area contributed by atoms with Crippen LogP contribution in [0.2, 0.25) is 5.15 Å². The number of hydrogen-bond acceptors (Lipinski definition) is 3. The van der Waals surface area contributed by atoms with Gasteiger partial charge in [-0.1, -0.05) is 41.9 Å². The first kappa shape index (κ1) is 14.7. The van der Waals surface area contributed by atoms with Crippen molar-refractivity contribution in [3.63, 3.8) is 0 Å². The summed E-state index contributed by atoms with van der Waals surface area (Å²) < 4.78 is 13.2. The van der Waals surface area contributed by atoms with Crippen LogP contribution >= 0.6 is 11.6 Å². The maximum Gasteiger partial charge on any atom is 0.213 e. The maximum atomic E-state index is 13.2. The van der Waals surface area contributed by atoms with Gasteiger partial charge < -0.3 is 10.7 Å². The highest BCUT2D eigenvalue weighted by atomic mass is 35.5. The minimum atomic E-state index is -0.577. The van der Waals surface area contributed by atoms with E-state index in [4.69, 9.17) is 17.3 Å². The van der Waals surface area contributed by atoms with Crippen LogP contribution in [0.15, 0.2) is 48.7 Å². The molecule has 0 spiro atoms. The predicted molar refractivity (Wildman–Crippen MR) is 83.9 cm³/mol. The second kappa shape index (κ2) is 6.25. The summed E-state index contributed by atoms with van der Waals surface area (Å²) in [6.07, 6.45) is 2.01. The molecule has 0 amide bonds. The third-order valence-electron chi connectivity index (χ3n) is 3.33. The van der Waals surface area contributed by atoms with Crippen molar-refractivity contribution >= 4 is 11.6 Å². The largest absolute Gasteiger partial charge is 0.331 e. The quantitative estimate of drug-likeness (QED) is 0.724. The van der Waals surface area contributed by atoms with Crippen molar-refractivity contribution in [2.24, 2.45) is 5.73 Å². The fourth-order valence-corrected chi connectivity index (χ4v) is 2.50. The van der Waals surface area contributed by atoms with Gasteiger partial charge in [0.05, 0.1) is 6.04 Å². The van der Waals surface area contributed by atoms with Crippen LogP contribution in [0.5, 0.6) is 0 Å². The summed E-state index contributed by atoms with van der Waals surface area (Å²) in [4.78, 5) is 10.9. The number of rotatable bonds is 4. The Balaban J connectivity index is 1.85. The van der Waals surface area contributed by atoms with Crippen LogP contribution in [0.25, 0.3) is 11.3 Å². The number of pyridine rings is 1. The molecule has 22 heavy (non-hydrogen) atoms. The van der Waals surface area contributed by atoms with Crippen LogP contribution in [-0.2, 0) is 6.42 Å². The lowest BCUT2D eigenvalue weighted by molar-refractivity contribution is 0.584. The third-order valence-corrected chi connectivity index (χ3v) is 3.60. The molecule has 3 rings (SSSR count). The molecule has 0 aliphatic heterocycles. The molecule has 0 unspecified atom stereocenters. The molecule has 2 heterocycles. The predicted octanol–water partition coefficient (Wildman–Crippen LogP) is 3.51. The normalized spacial score (nSPS) is 12.3. The van der Waals surface area contributed by atoms with Gasteiger partial charge in [-0.2, -0.15) is 4.39 Å². The number of imidazole rings is 1. The van der Waals surface area contributed by atoms with Gasteiger partial charge in [0.2, 0.25) is 5.95 Å².